The van der Waals surface area contributed by atoms with E-state index in [0.29, 0.717) is 34.7 Å². The van der Waals surface area contributed by atoms with E-state index in [0.717, 1.165) is 17.2 Å². The first-order valence-corrected chi connectivity index (χ1v) is 11.5. The van der Waals surface area contributed by atoms with Gasteiger partial charge in [0, 0.05) is 16.5 Å². The third-order valence-corrected chi connectivity index (χ3v) is 5.85. The van der Waals surface area contributed by atoms with E-state index in [-0.39, 0.29) is 5.52 Å². The Morgan fingerprint density at radius 2 is 1.61 bits per heavy atom. The number of allylic oxidation sites excluding steroid dienone is 1. The van der Waals surface area contributed by atoms with Crippen LogP contribution >= 0.6 is 0 Å². The molecule has 0 radical (unpaired) electrons. The summed E-state index contributed by atoms with van der Waals surface area (Å²) in [6, 6.07) is 28.8. The zero-order chi connectivity index (χ0) is 25.1. The lowest BCUT2D eigenvalue weighted by Gasteiger charge is -2.12. The second-order valence-electron chi connectivity index (χ2n) is 8.36. The maximum atomic E-state index is 13.8. The van der Waals surface area contributed by atoms with Crippen LogP contribution in [0.5, 0.6) is 11.5 Å². The van der Waals surface area contributed by atoms with Crippen molar-refractivity contribution in [2.24, 2.45) is 0 Å². The van der Waals surface area contributed by atoms with Gasteiger partial charge in [-0.05, 0) is 36.8 Å². The largest absolute Gasteiger partial charge is 0.457 e. The van der Waals surface area contributed by atoms with Crippen LogP contribution in [-0.4, -0.2) is 9.78 Å². The summed E-state index contributed by atoms with van der Waals surface area (Å²) >= 11 is 0. The molecule has 0 saturated carbocycles. The molecular formula is C30H23F3N2O. The first-order chi connectivity index (χ1) is 17.4. The predicted molar refractivity (Wildman–Crippen MR) is 137 cm³/mol. The van der Waals surface area contributed by atoms with Gasteiger partial charge in [-0.1, -0.05) is 84.9 Å². The van der Waals surface area contributed by atoms with E-state index in [1.807, 2.05) is 97.9 Å². The van der Waals surface area contributed by atoms with Crippen molar-refractivity contribution in [2.45, 2.75) is 19.6 Å². The third kappa shape index (κ3) is 4.75. The van der Waals surface area contributed by atoms with Crippen molar-refractivity contribution in [1.82, 2.24) is 9.78 Å². The molecule has 0 atom stereocenters. The highest BCUT2D eigenvalue weighted by Gasteiger charge is 2.34. The molecule has 0 N–H and O–H groups in total. The van der Waals surface area contributed by atoms with Gasteiger partial charge in [0.2, 0.25) is 0 Å². The number of benzene rings is 4. The van der Waals surface area contributed by atoms with Gasteiger partial charge in [-0.25, -0.2) is 0 Å². The number of fused-ring (bicyclic) bond motifs is 1. The number of para-hydroxylation sites is 1. The molecule has 1 aromatic heterocycles. The minimum atomic E-state index is -4.51. The van der Waals surface area contributed by atoms with Gasteiger partial charge in [-0.3, -0.25) is 4.68 Å². The Labute approximate surface area is 207 Å². The third-order valence-electron chi connectivity index (χ3n) is 5.85. The van der Waals surface area contributed by atoms with Gasteiger partial charge < -0.3 is 4.74 Å². The predicted octanol–water partition coefficient (Wildman–Crippen LogP) is 8.60. The summed E-state index contributed by atoms with van der Waals surface area (Å²) in [5.41, 5.74) is 2.37. The van der Waals surface area contributed by atoms with Gasteiger partial charge in [-0.15, -0.1) is 0 Å². The molecule has 6 heteroatoms. The molecule has 0 unspecified atom stereocenters. The first-order valence-electron chi connectivity index (χ1n) is 11.5. The Morgan fingerprint density at radius 1 is 0.861 bits per heavy atom. The van der Waals surface area contributed by atoms with Crippen molar-refractivity contribution in [2.75, 3.05) is 0 Å². The standard InChI is InChI=1S/C30H23F3N2O/c1-2-10-22-13-6-7-18-27(22)36-24-15-8-14-23(19-24)29-25-16-9-17-26(30(31,32)33)28(25)34-35(29)20-21-11-4-3-5-12-21/h2-19H,20H2,1H3/b10-2+. The van der Waals surface area contributed by atoms with E-state index in [9.17, 15) is 13.2 Å². The van der Waals surface area contributed by atoms with E-state index >= 15 is 0 Å². The minimum Gasteiger partial charge on any atom is -0.457 e. The van der Waals surface area contributed by atoms with E-state index in [1.54, 1.807) is 10.7 Å². The van der Waals surface area contributed by atoms with Gasteiger partial charge >= 0.3 is 6.18 Å². The van der Waals surface area contributed by atoms with Gasteiger partial charge in [-0.2, -0.15) is 18.3 Å². The fourth-order valence-electron chi connectivity index (χ4n) is 4.28. The first kappa shape index (κ1) is 23.4. The number of hydrogen-bond acceptors (Lipinski definition) is 2. The van der Waals surface area contributed by atoms with Crippen LogP contribution in [0.3, 0.4) is 0 Å². The molecule has 5 aromatic rings. The Kier molecular flexibility index (Phi) is 6.34. The van der Waals surface area contributed by atoms with Crippen LogP contribution in [-0.2, 0) is 12.7 Å². The van der Waals surface area contributed by atoms with Crippen LogP contribution < -0.4 is 4.74 Å². The van der Waals surface area contributed by atoms with Crippen LogP contribution in [0.25, 0.3) is 28.2 Å². The molecule has 180 valence electrons. The van der Waals surface area contributed by atoms with Crippen molar-refractivity contribution in [1.29, 1.82) is 0 Å². The Bertz CT molecular complexity index is 1540. The smallest absolute Gasteiger partial charge is 0.418 e. The SMILES string of the molecule is C/C=C/c1ccccc1Oc1cccc(-c2c3cccc(C(F)(F)F)c3nn2Cc2ccccc2)c1. The Morgan fingerprint density at radius 3 is 2.39 bits per heavy atom. The lowest BCUT2D eigenvalue weighted by atomic mass is 10.0. The molecular weight excluding hydrogens is 461 g/mol. The summed E-state index contributed by atoms with van der Waals surface area (Å²) in [5.74, 6) is 1.27. The molecule has 0 aliphatic heterocycles. The molecule has 0 saturated heterocycles. The number of alkyl halides is 3. The van der Waals surface area contributed by atoms with Crippen LogP contribution in [0.2, 0.25) is 0 Å². The molecule has 5 rings (SSSR count). The Hall–Kier alpha value is -4.32. The van der Waals surface area contributed by atoms with Gasteiger partial charge in [0.25, 0.3) is 0 Å². The van der Waals surface area contributed by atoms with Gasteiger partial charge in [0.05, 0.1) is 17.8 Å². The zero-order valence-corrected chi connectivity index (χ0v) is 19.5. The summed E-state index contributed by atoms with van der Waals surface area (Å²) in [5, 5.41) is 4.89. The monoisotopic (exact) mass is 484 g/mol. The van der Waals surface area contributed by atoms with Crippen LogP contribution in [0, 0.1) is 0 Å². The number of ether oxygens (including phenoxy) is 1. The van der Waals surface area contributed by atoms with Crippen molar-refractivity contribution in [3.63, 3.8) is 0 Å². The average Bonchev–Trinajstić information content (AvgIpc) is 3.23. The van der Waals surface area contributed by atoms with Crippen LogP contribution in [0.4, 0.5) is 13.2 Å². The molecule has 0 aliphatic rings. The zero-order valence-electron chi connectivity index (χ0n) is 19.5. The average molecular weight is 485 g/mol. The van der Waals surface area contributed by atoms with Gasteiger partial charge in [0.15, 0.2) is 0 Å². The molecule has 0 fully saturated rings. The Balaban J connectivity index is 1.64. The van der Waals surface area contributed by atoms with E-state index < -0.39 is 11.7 Å². The summed E-state index contributed by atoms with van der Waals surface area (Å²) in [6.45, 7) is 2.27. The lowest BCUT2D eigenvalue weighted by molar-refractivity contribution is -0.136. The van der Waals surface area contributed by atoms with E-state index in [2.05, 4.69) is 5.10 Å². The molecule has 0 amide bonds. The second-order valence-corrected chi connectivity index (χ2v) is 8.36. The molecule has 3 nitrogen and oxygen atoms in total. The van der Waals surface area contributed by atoms with Crippen LogP contribution in [0.15, 0.2) is 103 Å². The molecule has 1 heterocycles. The fraction of sp³-hybridized carbons (Fsp3) is 0.100. The molecule has 0 aliphatic carbocycles. The highest BCUT2D eigenvalue weighted by atomic mass is 19.4. The highest BCUT2D eigenvalue weighted by molar-refractivity contribution is 5.95. The van der Waals surface area contributed by atoms with Crippen molar-refractivity contribution in [3.05, 3.63) is 120 Å². The van der Waals surface area contributed by atoms with E-state index in [1.165, 1.54) is 6.07 Å². The molecule has 0 spiro atoms. The molecule has 4 aromatic carbocycles. The summed E-state index contributed by atoms with van der Waals surface area (Å²) < 4.78 is 49.3. The summed E-state index contributed by atoms with van der Waals surface area (Å²) in [7, 11) is 0. The topological polar surface area (TPSA) is 27.1 Å². The molecule has 36 heavy (non-hydrogen) atoms. The quantitative estimate of drug-likeness (QED) is 0.241. The van der Waals surface area contributed by atoms with E-state index in [4.69, 9.17) is 4.74 Å². The number of rotatable bonds is 6. The van der Waals surface area contributed by atoms with Crippen LogP contribution in [0.1, 0.15) is 23.6 Å². The summed E-state index contributed by atoms with van der Waals surface area (Å²) in [6.07, 6.45) is -0.615. The normalized spacial score (nSPS) is 11.9. The van der Waals surface area contributed by atoms with Crippen molar-refractivity contribution < 1.29 is 17.9 Å². The highest BCUT2D eigenvalue weighted by Crippen LogP contribution is 2.39. The summed E-state index contributed by atoms with van der Waals surface area (Å²) in [4.78, 5) is 0. The lowest BCUT2D eigenvalue weighted by Crippen LogP contribution is -2.06. The minimum absolute atomic E-state index is 0.0688. The second kappa shape index (κ2) is 9.74. The van der Waals surface area contributed by atoms with Crippen molar-refractivity contribution >= 4 is 17.0 Å². The number of halogens is 3. The van der Waals surface area contributed by atoms with Crippen molar-refractivity contribution in [3.8, 4) is 22.8 Å². The fourth-order valence-corrected chi connectivity index (χ4v) is 4.28. The van der Waals surface area contributed by atoms with Gasteiger partial charge in [0.1, 0.15) is 17.0 Å². The number of aromatic nitrogens is 2. The number of nitrogens with zero attached hydrogens (tertiary/aromatic N) is 2. The molecule has 0 bridgehead atoms. The maximum absolute atomic E-state index is 13.8. The number of hydrogen-bond donors (Lipinski definition) is 0. The maximum Gasteiger partial charge on any atom is 0.418 e.